The van der Waals surface area contributed by atoms with Gasteiger partial charge in [0.25, 0.3) is 5.56 Å². The average Bonchev–Trinajstić information content (AvgIpc) is 3.29. The highest BCUT2D eigenvalue weighted by Crippen LogP contribution is 2.51. The molecule has 0 unspecified atom stereocenters. The van der Waals surface area contributed by atoms with Gasteiger partial charge in [-0.15, -0.1) is 0 Å². The number of likely N-dealkylation sites (tertiary alicyclic amines) is 1. The number of amides is 1. The smallest absolute Gasteiger partial charge is 0.328 e. The van der Waals surface area contributed by atoms with Gasteiger partial charge in [-0.05, 0) is 18.9 Å². The molecule has 3 heterocycles. The zero-order valence-corrected chi connectivity index (χ0v) is 13.4. The maximum Gasteiger partial charge on any atom is 0.328 e. The number of fused-ring (bicyclic) bond motifs is 3. The molecule has 4 rings (SSSR count). The van der Waals surface area contributed by atoms with Gasteiger partial charge in [0.05, 0.1) is 13.2 Å². The lowest BCUT2D eigenvalue weighted by Crippen LogP contribution is -2.47. The number of rotatable bonds is 3. The van der Waals surface area contributed by atoms with Crippen molar-refractivity contribution in [2.75, 3.05) is 13.7 Å². The lowest BCUT2D eigenvalue weighted by atomic mass is 9.88. The van der Waals surface area contributed by atoms with Crippen molar-refractivity contribution in [3.05, 3.63) is 34.2 Å². The number of carbonyl (C=O) groups excluding carboxylic acids is 2. The number of carbonyl (C=O) groups is 2. The molecule has 1 N–H and O–H groups in total. The molecular weight excluding hydrogens is 312 g/mol. The molecule has 1 saturated carbocycles. The number of methoxy groups -OCH3 is 1. The fourth-order valence-corrected chi connectivity index (χ4v) is 4.31. The van der Waals surface area contributed by atoms with Crippen LogP contribution in [0.2, 0.25) is 0 Å². The summed E-state index contributed by atoms with van der Waals surface area (Å²) in [5, 5.41) is 9.90. The first-order chi connectivity index (χ1) is 11.6. The van der Waals surface area contributed by atoms with E-state index in [4.69, 9.17) is 4.74 Å². The van der Waals surface area contributed by atoms with E-state index in [2.05, 4.69) is 0 Å². The first-order valence-corrected chi connectivity index (χ1v) is 8.29. The monoisotopic (exact) mass is 332 g/mol. The van der Waals surface area contributed by atoms with Crippen LogP contribution in [0.25, 0.3) is 0 Å². The Labute approximate surface area is 138 Å². The van der Waals surface area contributed by atoms with Crippen LogP contribution in [-0.4, -0.2) is 46.2 Å². The third-order valence-corrected chi connectivity index (χ3v) is 5.57. The van der Waals surface area contributed by atoms with Crippen molar-refractivity contribution in [2.24, 2.45) is 17.8 Å². The summed E-state index contributed by atoms with van der Waals surface area (Å²) in [5.74, 6) is -1.20. The lowest BCUT2D eigenvalue weighted by molar-refractivity contribution is -0.154. The van der Waals surface area contributed by atoms with Gasteiger partial charge in [-0.1, -0.05) is 6.07 Å². The second-order valence-corrected chi connectivity index (χ2v) is 6.84. The number of ether oxygens (including phenoxy) is 1. The normalized spacial score (nSPS) is 30.8. The zero-order valence-electron chi connectivity index (χ0n) is 13.4. The molecule has 4 atom stereocenters. The van der Waals surface area contributed by atoms with Crippen molar-refractivity contribution < 1.29 is 19.4 Å². The lowest BCUT2D eigenvalue weighted by Gasteiger charge is -2.30. The summed E-state index contributed by atoms with van der Waals surface area (Å²) in [6, 6.07) is 3.85. The summed E-state index contributed by atoms with van der Waals surface area (Å²) in [4.78, 5) is 39.0. The van der Waals surface area contributed by atoms with E-state index in [1.807, 2.05) is 6.07 Å². The van der Waals surface area contributed by atoms with E-state index in [-0.39, 0.29) is 36.0 Å². The van der Waals surface area contributed by atoms with Crippen LogP contribution in [0.5, 0.6) is 0 Å². The van der Waals surface area contributed by atoms with Crippen LogP contribution < -0.4 is 5.56 Å². The van der Waals surface area contributed by atoms with Gasteiger partial charge < -0.3 is 19.3 Å². The van der Waals surface area contributed by atoms with Crippen LogP contribution >= 0.6 is 0 Å². The molecule has 0 radical (unpaired) electrons. The van der Waals surface area contributed by atoms with Crippen molar-refractivity contribution in [2.45, 2.75) is 31.5 Å². The molecule has 0 bridgehead atoms. The average molecular weight is 332 g/mol. The van der Waals surface area contributed by atoms with Crippen molar-refractivity contribution in [3.8, 4) is 0 Å². The number of hydrogen-bond acceptors (Lipinski definition) is 5. The van der Waals surface area contributed by atoms with Gasteiger partial charge in [-0.3, -0.25) is 9.59 Å². The van der Waals surface area contributed by atoms with Gasteiger partial charge in [-0.25, -0.2) is 4.79 Å². The molecule has 1 aromatic heterocycles. The molecule has 2 fully saturated rings. The SMILES string of the molecule is COC(=O)[C@@H]1[C@@H](CO)[C@@H]2Cn3c(cccc3=O)[C@@H]2N1C(=O)C1CC1. The number of hydrogen-bond donors (Lipinski definition) is 1. The second kappa shape index (κ2) is 5.44. The van der Waals surface area contributed by atoms with Gasteiger partial charge in [0.2, 0.25) is 5.91 Å². The minimum absolute atomic E-state index is 0.0558. The summed E-state index contributed by atoms with van der Waals surface area (Å²) < 4.78 is 6.56. The number of aromatic nitrogens is 1. The van der Waals surface area contributed by atoms with E-state index in [0.29, 0.717) is 6.54 Å². The Morgan fingerprint density at radius 3 is 2.71 bits per heavy atom. The maximum absolute atomic E-state index is 12.9. The van der Waals surface area contributed by atoms with E-state index in [1.54, 1.807) is 15.5 Å². The highest BCUT2D eigenvalue weighted by molar-refractivity contribution is 5.88. The number of pyridine rings is 1. The summed E-state index contributed by atoms with van der Waals surface area (Å²) in [6.07, 6.45) is 1.65. The molecule has 7 nitrogen and oxygen atoms in total. The first-order valence-electron chi connectivity index (χ1n) is 8.29. The number of nitrogens with zero attached hydrogens (tertiary/aromatic N) is 2. The maximum atomic E-state index is 12.9. The molecule has 2 aliphatic heterocycles. The third-order valence-electron chi connectivity index (χ3n) is 5.57. The van der Waals surface area contributed by atoms with Crippen LogP contribution in [0.1, 0.15) is 24.6 Å². The van der Waals surface area contributed by atoms with Crippen molar-refractivity contribution in [1.82, 2.24) is 9.47 Å². The second-order valence-electron chi connectivity index (χ2n) is 6.84. The number of esters is 1. The Balaban J connectivity index is 1.83. The molecular formula is C17H20N2O5. The summed E-state index contributed by atoms with van der Waals surface area (Å²) >= 11 is 0. The Morgan fingerprint density at radius 1 is 1.33 bits per heavy atom. The van der Waals surface area contributed by atoms with Crippen LogP contribution in [0, 0.1) is 17.8 Å². The Hall–Kier alpha value is -2.15. The fourth-order valence-electron chi connectivity index (χ4n) is 4.31. The molecule has 1 aliphatic carbocycles. The van der Waals surface area contributed by atoms with Crippen molar-refractivity contribution >= 4 is 11.9 Å². The van der Waals surface area contributed by atoms with Crippen molar-refractivity contribution in [3.63, 3.8) is 0 Å². The van der Waals surface area contributed by atoms with Crippen LogP contribution in [0.4, 0.5) is 0 Å². The number of aliphatic hydroxyl groups is 1. The highest BCUT2D eigenvalue weighted by Gasteiger charge is 2.59. The summed E-state index contributed by atoms with van der Waals surface area (Å²) in [7, 11) is 1.29. The summed E-state index contributed by atoms with van der Waals surface area (Å²) in [6.45, 7) is 0.185. The zero-order chi connectivity index (χ0) is 17.0. The van der Waals surface area contributed by atoms with Crippen molar-refractivity contribution in [1.29, 1.82) is 0 Å². The van der Waals surface area contributed by atoms with Gasteiger partial charge in [0.1, 0.15) is 6.04 Å². The topological polar surface area (TPSA) is 88.8 Å². The predicted octanol–water partition coefficient (Wildman–Crippen LogP) is -0.0785. The highest BCUT2D eigenvalue weighted by atomic mass is 16.5. The number of aliphatic hydroxyl groups excluding tert-OH is 1. The Bertz CT molecular complexity index is 754. The van der Waals surface area contributed by atoms with Crippen LogP contribution in [0.15, 0.2) is 23.0 Å². The minimum atomic E-state index is -0.785. The Kier molecular flexibility index (Phi) is 3.49. The van der Waals surface area contributed by atoms with E-state index < -0.39 is 17.9 Å². The fraction of sp³-hybridized carbons (Fsp3) is 0.588. The molecule has 1 aromatic rings. The van der Waals surface area contributed by atoms with Gasteiger partial charge in [-0.2, -0.15) is 0 Å². The van der Waals surface area contributed by atoms with E-state index in [1.165, 1.54) is 13.2 Å². The van der Waals surface area contributed by atoms with Crippen LogP contribution in [-0.2, 0) is 20.9 Å². The van der Waals surface area contributed by atoms with Gasteiger partial charge in [0, 0.05) is 42.7 Å². The molecule has 3 aliphatic rings. The predicted molar refractivity (Wildman–Crippen MR) is 82.9 cm³/mol. The van der Waals surface area contributed by atoms with E-state index in [0.717, 1.165) is 18.5 Å². The van der Waals surface area contributed by atoms with Crippen LogP contribution in [0.3, 0.4) is 0 Å². The molecule has 7 heteroatoms. The van der Waals surface area contributed by atoms with Gasteiger partial charge in [0.15, 0.2) is 0 Å². The van der Waals surface area contributed by atoms with E-state index in [9.17, 15) is 19.5 Å². The van der Waals surface area contributed by atoms with Gasteiger partial charge >= 0.3 is 5.97 Å². The molecule has 1 saturated heterocycles. The largest absolute Gasteiger partial charge is 0.467 e. The Morgan fingerprint density at radius 2 is 2.08 bits per heavy atom. The first kappa shape index (κ1) is 15.4. The summed E-state index contributed by atoms with van der Waals surface area (Å²) in [5.41, 5.74) is 0.624. The molecule has 0 spiro atoms. The standard InChI is InChI=1S/C17H20N2O5/c1-24-17(23)15-11(8-20)10-7-18-12(3-2-4-13(18)21)14(10)19(15)16(22)9-5-6-9/h2-4,9-11,14-15,20H,5-8H2,1H3/t10-,11-,14+,15-/m0/s1. The quantitative estimate of drug-likeness (QED) is 0.782. The third kappa shape index (κ3) is 2.04. The molecule has 0 aromatic carbocycles. The molecule has 128 valence electrons. The molecule has 1 amide bonds. The molecule has 24 heavy (non-hydrogen) atoms. The van der Waals surface area contributed by atoms with E-state index >= 15 is 0 Å². The minimum Gasteiger partial charge on any atom is -0.467 e.